The van der Waals surface area contributed by atoms with Crippen molar-refractivity contribution in [3.63, 3.8) is 0 Å². The number of hydrogen-bond acceptors (Lipinski definition) is 11. The van der Waals surface area contributed by atoms with Crippen LogP contribution in [0.15, 0.2) is 66.7 Å². The molecule has 1 heterocycles. The monoisotopic (exact) mass is 635 g/mol. The lowest BCUT2D eigenvalue weighted by Gasteiger charge is -2.25. The lowest BCUT2D eigenvalue weighted by molar-refractivity contribution is -0.136. The summed E-state index contributed by atoms with van der Waals surface area (Å²) in [7, 11) is 0. The number of nitrogens with one attached hydrogen (secondary N) is 1. The van der Waals surface area contributed by atoms with Gasteiger partial charge in [-0.15, -0.1) is 0 Å². The van der Waals surface area contributed by atoms with Gasteiger partial charge in [-0.25, -0.2) is 4.79 Å². The fourth-order valence-electron chi connectivity index (χ4n) is 4.59. The van der Waals surface area contributed by atoms with Crippen LogP contribution in [0.4, 0.5) is 11.4 Å². The van der Waals surface area contributed by atoms with E-state index in [0.717, 1.165) is 10.3 Å². The number of nitrogens with zero attached hydrogens (tertiary/aromatic N) is 2. The first-order chi connectivity index (χ1) is 22.2. The van der Waals surface area contributed by atoms with Gasteiger partial charge in [-0.1, -0.05) is 24.3 Å². The Balaban J connectivity index is 1.60. The van der Waals surface area contributed by atoms with Gasteiger partial charge in [0.2, 0.25) is 0 Å². The van der Waals surface area contributed by atoms with E-state index in [9.17, 15) is 39.3 Å². The first-order valence-corrected chi connectivity index (χ1v) is 13.6. The average molecular weight is 636 g/mol. The molecule has 240 valence electrons. The SMILES string of the molecule is O=COCN(COC=O)c1ccccc1OCCOc1cc(-c2cc3ccc(C(=O)O)cc3[nH]2)ccc1N(CC(=O)O)CC(=O)O. The van der Waals surface area contributed by atoms with E-state index in [2.05, 4.69) is 4.98 Å². The Morgan fingerprint density at radius 3 is 1.98 bits per heavy atom. The maximum absolute atomic E-state index is 11.6. The highest BCUT2D eigenvalue weighted by molar-refractivity contribution is 5.95. The minimum atomic E-state index is -1.25. The third kappa shape index (κ3) is 8.43. The van der Waals surface area contributed by atoms with Crippen molar-refractivity contribution in [2.75, 3.05) is 49.6 Å². The van der Waals surface area contributed by atoms with Crippen molar-refractivity contribution in [1.29, 1.82) is 0 Å². The van der Waals surface area contributed by atoms with Gasteiger partial charge >= 0.3 is 17.9 Å². The van der Waals surface area contributed by atoms with Crippen LogP contribution in [0.1, 0.15) is 10.4 Å². The number of aromatic amines is 1. The van der Waals surface area contributed by atoms with E-state index in [4.69, 9.17) is 18.9 Å². The van der Waals surface area contributed by atoms with E-state index in [0.29, 0.717) is 28.2 Å². The van der Waals surface area contributed by atoms with Crippen molar-refractivity contribution in [2.24, 2.45) is 0 Å². The molecular formula is C31H29N3O12. The van der Waals surface area contributed by atoms with Crippen LogP contribution in [0, 0.1) is 0 Å². The van der Waals surface area contributed by atoms with Gasteiger partial charge in [0, 0.05) is 22.2 Å². The van der Waals surface area contributed by atoms with Crippen LogP contribution < -0.4 is 19.3 Å². The van der Waals surface area contributed by atoms with Gasteiger partial charge in [0.05, 0.1) is 16.9 Å². The summed E-state index contributed by atoms with van der Waals surface area (Å²) in [6, 6.07) is 18.0. The molecule has 0 radical (unpaired) electrons. The maximum Gasteiger partial charge on any atom is 0.335 e. The smallest absolute Gasteiger partial charge is 0.335 e. The third-order valence-electron chi connectivity index (χ3n) is 6.53. The van der Waals surface area contributed by atoms with Crippen LogP contribution in [0.2, 0.25) is 0 Å². The molecule has 0 atom stereocenters. The van der Waals surface area contributed by atoms with Gasteiger partial charge in [0.25, 0.3) is 12.9 Å². The summed E-state index contributed by atoms with van der Waals surface area (Å²) in [4.78, 5) is 61.8. The summed E-state index contributed by atoms with van der Waals surface area (Å²) in [5.74, 6) is -3.05. The minimum absolute atomic E-state index is 0.0280. The number of aromatic carboxylic acids is 1. The molecule has 3 aromatic carbocycles. The second kappa shape index (κ2) is 15.5. The number of ether oxygens (including phenoxy) is 4. The molecule has 0 spiro atoms. The highest BCUT2D eigenvalue weighted by Gasteiger charge is 2.20. The van der Waals surface area contributed by atoms with Gasteiger partial charge in [-0.05, 0) is 42.5 Å². The number of aromatic nitrogens is 1. The molecule has 0 unspecified atom stereocenters. The minimum Gasteiger partial charge on any atom is -0.488 e. The highest BCUT2D eigenvalue weighted by atomic mass is 16.6. The molecule has 0 saturated heterocycles. The van der Waals surface area contributed by atoms with E-state index in [1.54, 1.807) is 54.6 Å². The van der Waals surface area contributed by atoms with E-state index >= 15 is 0 Å². The van der Waals surface area contributed by atoms with Crippen LogP contribution in [0.5, 0.6) is 11.5 Å². The van der Waals surface area contributed by atoms with Crippen molar-refractivity contribution in [3.05, 3.63) is 72.3 Å². The molecule has 4 N–H and O–H groups in total. The predicted molar refractivity (Wildman–Crippen MR) is 162 cm³/mol. The van der Waals surface area contributed by atoms with Gasteiger partial charge in [0.1, 0.15) is 37.8 Å². The zero-order valence-electron chi connectivity index (χ0n) is 24.2. The number of carbonyl (C=O) groups is 5. The van der Waals surface area contributed by atoms with Crippen LogP contribution in [0.3, 0.4) is 0 Å². The van der Waals surface area contributed by atoms with E-state index in [-0.39, 0.29) is 56.6 Å². The third-order valence-corrected chi connectivity index (χ3v) is 6.53. The molecule has 1 aromatic heterocycles. The Morgan fingerprint density at radius 2 is 1.35 bits per heavy atom. The molecule has 0 aliphatic heterocycles. The van der Waals surface area contributed by atoms with Crippen molar-refractivity contribution in [3.8, 4) is 22.8 Å². The van der Waals surface area contributed by atoms with Crippen molar-refractivity contribution in [2.45, 2.75) is 0 Å². The topological polar surface area (TPSA) is 205 Å². The number of rotatable bonds is 19. The van der Waals surface area contributed by atoms with Crippen molar-refractivity contribution in [1.82, 2.24) is 4.98 Å². The summed E-state index contributed by atoms with van der Waals surface area (Å²) in [6.07, 6.45) is 0. The van der Waals surface area contributed by atoms with Crippen LogP contribution >= 0.6 is 0 Å². The first-order valence-electron chi connectivity index (χ1n) is 13.6. The fraction of sp³-hybridized carbons (Fsp3) is 0.194. The summed E-state index contributed by atoms with van der Waals surface area (Å²) in [6.45, 7) is -1.27. The maximum atomic E-state index is 11.6. The van der Waals surface area contributed by atoms with Crippen molar-refractivity contribution >= 4 is 53.1 Å². The molecule has 0 aliphatic carbocycles. The Hall–Kier alpha value is -6.25. The van der Waals surface area contributed by atoms with E-state index in [1.165, 1.54) is 17.0 Å². The molecule has 4 rings (SSSR count). The summed E-state index contributed by atoms with van der Waals surface area (Å²) in [5, 5.41) is 29.0. The number of fused-ring (bicyclic) bond motifs is 1. The number of carboxylic acids is 3. The van der Waals surface area contributed by atoms with Crippen LogP contribution in [-0.2, 0) is 28.7 Å². The number of para-hydroxylation sites is 2. The van der Waals surface area contributed by atoms with E-state index < -0.39 is 31.0 Å². The molecule has 4 aromatic rings. The van der Waals surface area contributed by atoms with Crippen molar-refractivity contribution < 1.29 is 58.2 Å². The molecular weight excluding hydrogens is 606 g/mol. The van der Waals surface area contributed by atoms with Gasteiger partial charge in [-0.3, -0.25) is 19.2 Å². The molecule has 15 nitrogen and oxygen atoms in total. The molecule has 0 fully saturated rings. The number of carboxylic acid groups (broad SMARTS) is 3. The zero-order valence-corrected chi connectivity index (χ0v) is 24.2. The molecule has 0 aliphatic rings. The molecule has 0 amide bonds. The predicted octanol–water partition coefficient (Wildman–Crippen LogP) is 3.03. The van der Waals surface area contributed by atoms with Crippen LogP contribution in [-0.4, -0.2) is 90.9 Å². The summed E-state index contributed by atoms with van der Waals surface area (Å²) < 4.78 is 21.5. The van der Waals surface area contributed by atoms with Crippen LogP contribution in [0.25, 0.3) is 22.2 Å². The number of H-pyrrole nitrogens is 1. The Morgan fingerprint density at radius 1 is 0.717 bits per heavy atom. The van der Waals surface area contributed by atoms with Gasteiger partial charge in [-0.2, -0.15) is 0 Å². The first kappa shape index (κ1) is 32.7. The number of carbonyl (C=O) groups excluding carboxylic acids is 2. The Bertz CT molecular complexity index is 1690. The Labute approximate surface area is 261 Å². The normalized spacial score (nSPS) is 10.5. The quantitative estimate of drug-likeness (QED) is 0.0664. The summed E-state index contributed by atoms with van der Waals surface area (Å²) in [5.41, 5.74) is 2.56. The number of benzene rings is 3. The lowest BCUT2D eigenvalue weighted by Crippen LogP contribution is -2.34. The molecule has 15 heteroatoms. The highest BCUT2D eigenvalue weighted by Crippen LogP contribution is 2.35. The van der Waals surface area contributed by atoms with Gasteiger partial charge < -0.3 is 49.1 Å². The van der Waals surface area contributed by atoms with Gasteiger partial charge in [0.15, 0.2) is 13.5 Å². The zero-order chi connectivity index (χ0) is 33.1. The second-order valence-electron chi connectivity index (χ2n) is 9.60. The second-order valence-corrected chi connectivity index (χ2v) is 9.60. The standard InChI is InChI=1S/C31H29N3O12/c35-18-43-16-34(17-44-19-36)25-3-1-2-4-27(25)45-9-10-46-28-13-21(7-8-26(28)33(14-29(37)38)15-30(39)40)23-11-20-5-6-22(31(41)42)12-24(20)32-23/h1-8,11-13,18-19,32H,9-10,14-17H2,(H,37,38)(H,39,40)(H,41,42). The molecule has 46 heavy (non-hydrogen) atoms. The Kier molecular flexibility index (Phi) is 11.0. The molecule has 0 saturated carbocycles. The molecule has 0 bridgehead atoms. The number of anilines is 2. The average Bonchev–Trinajstić information content (AvgIpc) is 3.46. The van der Waals surface area contributed by atoms with E-state index in [1.807, 2.05) is 0 Å². The number of aliphatic carboxylic acids is 2. The summed E-state index contributed by atoms with van der Waals surface area (Å²) >= 11 is 0. The fourth-order valence-corrected chi connectivity index (χ4v) is 4.59. The largest absolute Gasteiger partial charge is 0.488 e. The lowest BCUT2D eigenvalue weighted by atomic mass is 10.1. The number of hydrogen-bond donors (Lipinski definition) is 4.